The van der Waals surface area contributed by atoms with Crippen LogP contribution in [0.2, 0.25) is 0 Å². The molecule has 0 aromatic heterocycles. The third-order valence-electron chi connectivity index (χ3n) is 4.25. The van der Waals surface area contributed by atoms with Crippen LogP contribution in [0.1, 0.15) is 52.0 Å². The smallest absolute Gasteiger partial charge is 0.305 e. The average Bonchev–Trinajstić information content (AvgIpc) is 2.94. The topological polar surface area (TPSA) is 55.8 Å². The van der Waals surface area contributed by atoms with Crippen molar-refractivity contribution in [2.45, 2.75) is 46.5 Å². The zero-order valence-electron chi connectivity index (χ0n) is 17.3. The van der Waals surface area contributed by atoms with Crippen LogP contribution >= 0.6 is 24.0 Å². The van der Waals surface area contributed by atoms with Crippen LogP contribution in [0.3, 0.4) is 0 Å². The molecule has 158 valence electrons. The Labute approximate surface area is 182 Å². The highest BCUT2D eigenvalue weighted by molar-refractivity contribution is 8.26. The minimum absolute atomic E-state index is 0.112. The normalized spacial score (nSPS) is 15.4. The standard InChI is InChI=1S/C22H29NO4S2/c1-4-13-27-20(24)6-5-12-23-21(25)19(29-22(23)28)15-17-7-9-18(10-8-17)26-14-11-16(2)3/h7-10,15-16H,4-6,11-14H2,1-3H3/b19-15+. The molecule has 0 bridgehead atoms. The van der Waals surface area contributed by atoms with Gasteiger partial charge in [0.15, 0.2) is 0 Å². The van der Waals surface area contributed by atoms with Crippen LogP contribution in [0, 0.1) is 5.92 Å². The molecule has 1 heterocycles. The van der Waals surface area contributed by atoms with E-state index < -0.39 is 0 Å². The van der Waals surface area contributed by atoms with Gasteiger partial charge in [0.25, 0.3) is 5.91 Å². The predicted octanol–water partition coefficient (Wildman–Crippen LogP) is 5.05. The van der Waals surface area contributed by atoms with E-state index in [-0.39, 0.29) is 18.3 Å². The van der Waals surface area contributed by atoms with E-state index in [1.165, 1.54) is 11.8 Å². The number of amides is 1. The molecule has 0 radical (unpaired) electrons. The molecule has 1 amide bonds. The number of carbonyl (C=O) groups is 2. The van der Waals surface area contributed by atoms with Gasteiger partial charge in [0.2, 0.25) is 0 Å². The Bertz CT molecular complexity index is 744. The lowest BCUT2D eigenvalue weighted by Crippen LogP contribution is -2.29. The first-order valence-corrected chi connectivity index (χ1v) is 11.3. The largest absolute Gasteiger partial charge is 0.494 e. The molecule has 1 aliphatic heterocycles. The van der Waals surface area contributed by atoms with Crippen molar-refractivity contribution in [3.63, 3.8) is 0 Å². The highest BCUT2D eigenvalue weighted by Crippen LogP contribution is 2.33. The Balaban J connectivity index is 1.87. The summed E-state index contributed by atoms with van der Waals surface area (Å²) in [6, 6.07) is 7.69. The minimum atomic E-state index is -0.233. The van der Waals surface area contributed by atoms with Crippen LogP contribution in [0.4, 0.5) is 0 Å². The van der Waals surface area contributed by atoms with Gasteiger partial charge >= 0.3 is 5.97 Å². The van der Waals surface area contributed by atoms with Crippen molar-refractivity contribution in [1.29, 1.82) is 0 Å². The fourth-order valence-corrected chi connectivity index (χ4v) is 3.90. The number of hydrogen-bond acceptors (Lipinski definition) is 6. The first-order chi connectivity index (χ1) is 13.9. The summed E-state index contributed by atoms with van der Waals surface area (Å²) in [5.74, 6) is 1.09. The maximum absolute atomic E-state index is 12.6. The highest BCUT2D eigenvalue weighted by atomic mass is 32.2. The molecule has 7 heteroatoms. The summed E-state index contributed by atoms with van der Waals surface area (Å²) in [4.78, 5) is 26.4. The van der Waals surface area contributed by atoms with E-state index >= 15 is 0 Å². The number of rotatable bonds is 11. The molecule has 1 aliphatic rings. The summed E-state index contributed by atoms with van der Waals surface area (Å²) in [5.41, 5.74) is 0.921. The maximum atomic E-state index is 12.6. The third-order valence-corrected chi connectivity index (χ3v) is 5.62. The molecule has 29 heavy (non-hydrogen) atoms. The fourth-order valence-electron chi connectivity index (χ4n) is 2.59. The number of ether oxygens (including phenoxy) is 2. The molecule has 5 nitrogen and oxygen atoms in total. The van der Waals surface area contributed by atoms with Gasteiger partial charge in [-0.25, -0.2) is 0 Å². The fraction of sp³-hybridized carbons (Fsp3) is 0.500. The second-order valence-corrected chi connectivity index (χ2v) is 8.93. The molecule has 0 spiro atoms. The summed E-state index contributed by atoms with van der Waals surface area (Å²) < 4.78 is 11.3. The Hall–Kier alpha value is -1.86. The van der Waals surface area contributed by atoms with Crippen LogP contribution < -0.4 is 4.74 Å². The maximum Gasteiger partial charge on any atom is 0.305 e. The van der Waals surface area contributed by atoms with Gasteiger partial charge in [-0.15, -0.1) is 0 Å². The van der Waals surface area contributed by atoms with Crippen molar-refractivity contribution in [2.75, 3.05) is 19.8 Å². The van der Waals surface area contributed by atoms with Crippen molar-refractivity contribution in [3.8, 4) is 5.75 Å². The summed E-state index contributed by atoms with van der Waals surface area (Å²) >= 11 is 6.63. The molecule has 0 atom stereocenters. The van der Waals surface area contributed by atoms with Crippen LogP contribution in [0.5, 0.6) is 5.75 Å². The van der Waals surface area contributed by atoms with Gasteiger partial charge in [-0.3, -0.25) is 14.5 Å². The minimum Gasteiger partial charge on any atom is -0.494 e. The van der Waals surface area contributed by atoms with E-state index in [0.717, 1.165) is 24.2 Å². The van der Waals surface area contributed by atoms with Crippen LogP contribution in [-0.2, 0) is 14.3 Å². The molecular formula is C22H29NO4S2. The molecule has 0 unspecified atom stereocenters. The van der Waals surface area contributed by atoms with Crippen LogP contribution in [-0.4, -0.2) is 40.9 Å². The summed E-state index contributed by atoms with van der Waals surface area (Å²) in [6.07, 6.45) is 4.47. The monoisotopic (exact) mass is 435 g/mol. The first kappa shape index (κ1) is 23.4. The molecule has 1 fully saturated rings. The van der Waals surface area contributed by atoms with E-state index in [0.29, 0.717) is 41.3 Å². The zero-order valence-corrected chi connectivity index (χ0v) is 18.9. The number of thiocarbonyl (C=S) groups is 1. The van der Waals surface area contributed by atoms with Gasteiger partial charge in [0, 0.05) is 13.0 Å². The average molecular weight is 436 g/mol. The lowest BCUT2D eigenvalue weighted by molar-refractivity contribution is -0.144. The van der Waals surface area contributed by atoms with Gasteiger partial charge in [0.05, 0.1) is 18.1 Å². The molecular weight excluding hydrogens is 406 g/mol. The van der Waals surface area contributed by atoms with E-state index in [2.05, 4.69) is 13.8 Å². The molecule has 0 aliphatic carbocycles. The number of esters is 1. The summed E-state index contributed by atoms with van der Waals surface area (Å²) in [5, 5.41) is 0. The van der Waals surface area contributed by atoms with Crippen molar-refractivity contribution < 1.29 is 19.1 Å². The van der Waals surface area contributed by atoms with Crippen LogP contribution in [0.25, 0.3) is 6.08 Å². The lowest BCUT2D eigenvalue weighted by Gasteiger charge is -2.13. The second-order valence-electron chi connectivity index (χ2n) is 7.26. The lowest BCUT2D eigenvalue weighted by atomic mass is 10.1. The first-order valence-electron chi connectivity index (χ1n) is 10.0. The van der Waals surface area contributed by atoms with E-state index in [1.807, 2.05) is 37.3 Å². The zero-order chi connectivity index (χ0) is 21.2. The molecule has 0 N–H and O–H groups in total. The number of nitrogens with zero attached hydrogens (tertiary/aromatic N) is 1. The SMILES string of the molecule is CCCOC(=O)CCCN1C(=O)/C(=C\c2ccc(OCCC(C)C)cc2)SC1=S. The Kier molecular flexibility index (Phi) is 9.67. The Morgan fingerprint density at radius 2 is 1.97 bits per heavy atom. The van der Waals surface area contributed by atoms with Gasteiger partial charge in [-0.1, -0.05) is 56.9 Å². The number of thioether (sulfide) groups is 1. The van der Waals surface area contributed by atoms with Crippen molar-refractivity contribution in [2.24, 2.45) is 5.92 Å². The Morgan fingerprint density at radius 1 is 1.24 bits per heavy atom. The molecule has 0 saturated carbocycles. The Morgan fingerprint density at radius 3 is 2.62 bits per heavy atom. The van der Waals surface area contributed by atoms with E-state index in [1.54, 1.807) is 4.90 Å². The van der Waals surface area contributed by atoms with Gasteiger partial charge in [0.1, 0.15) is 10.1 Å². The summed E-state index contributed by atoms with van der Waals surface area (Å²) in [7, 11) is 0. The number of hydrogen-bond donors (Lipinski definition) is 0. The highest BCUT2D eigenvalue weighted by Gasteiger charge is 2.31. The molecule has 1 aromatic carbocycles. The number of carbonyl (C=O) groups excluding carboxylic acids is 2. The molecule has 2 rings (SSSR count). The second kappa shape index (κ2) is 12.0. The van der Waals surface area contributed by atoms with Crippen molar-refractivity contribution in [3.05, 3.63) is 34.7 Å². The van der Waals surface area contributed by atoms with Gasteiger partial charge in [-0.2, -0.15) is 0 Å². The van der Waals surface area contributed by atoms with Crippen molar-refractivity contribution >= 4 is 46.3 Å². The predicted molar refractivity (Wildman–Crippen MR) is 122 cm³/mol. The summed E-state index contributed by atoms with van der Waals surface area (Å²) in [6.45, 7) is 7.84. The molecule has 1 saturated heterocycles. The van der Waals surface area contributed by atoms with Crippen LogP contribution in [0.15, 0.2) is 29.2 Å². The van der Waals surface area contributed by atoms with E-state index in [9.17, 15) is 9.59 Å². The van der Waals surface area contributed by atoms with E-state index in [4.69, 9.17) is 21.7 Å². The molecule has 1 aromatic rings. The van der Waals surface area contributed by atoms with Gasteiger partial charge in [-0.05, 0) is 49.0 Å². The van der Waals surface area contributed by atoms with Crippen molar-refractivity contribution in [1.82, 2.24) is 4.90 Å². The third kappa shape index (κ3) is 7.82. The van der Waals surface area contributed by atoms with Gasteiger partial charge < -0.3 is 9.47 Å². The quantitative estimate of drug-likeness (QED) is 0.276. The number of benzene rings is 1.